The summed E-state index contributed by atoms with van der Waals surface area (Å²) in [6.45, 7) is 3.86. The molecule has 0 radical (unpaired) electrons. The number of nitrogen functional groups attached to an aromatic ring is 1. The van der Waals surface area contributed by atoms with Crippen LogP contribution in [0.4, 0.5) is 5.95 Å². The van der Waals surface area contributed by atoms with Crippen molar-refractivity contribution < 1.29 is 4.42 Å². The Labute approximate surface area is 118 Å². The number of nitrogens with two attached hydrogens (primary N) is 1. The van der Waals surface area contributed by atoms with Gasteiger partial charge in [0, 0.05) is 6.20 Å². The molecule has 1 saturated heterocycles. The Bertz CT molecular complexity index is 581. The minimum absolute atomic E-state index is 0.305. The summed E-state index contributed by atoms with van der Waals surface area (Å²) in [7, 11) is 0. The number of furan rings is 1. The number of hydrogen-bond donors (Lipinski definition) is 1. The maximum atomic E-state index is 5.71. The van der Waals surface area contributed by atoms with Crippen molar-refractivity contribution in [1.29, 1.82) is 0 Å². The van der Waals surface area contributed by atoms with E-state index < -0.39 is 0 Å². The third-order valence-corrected chi connectivity index (χ3v) is 3.81. The minimum atomic E-state index is 0.305. The van der Waals surface area contributed by atoms with Gasteiger partial charge in [0.15, 0.2) is 0 Å². The molecule has 3 rings (SSSR count). The zero-order chi connectivity index (χ0) is 13.9. The smallest absolute Gasteiger partial charge is 0.220 e. The highest BCUT2D eigenvalue weighted by molar-refractivity contribution is 5.20. The number of aromatic nitrogens is 2. The molecule has 1 fully saturated rings. The van der Waals surface area contributed by atoms with Crippen LogP contribution < -0.4 is 5.73 Å². The van der Waals surface area contributed by atoms with E-state index in [4.69, 9.17) is 10.2 Å². The van der Waals surface area contributed by atoms with Crippen LogP contribution in [0, 0.1) is 6.92 Å². The quantitative estimate of drug-likeness (QED) is 0.930. The lowest BCUT2D eigenvalue weighted by Crippen LogP contribution is -2.33. The van der Waals surface area contributed by atoms with Crippen LogP contribution in [0.3, 0.4) is 0 Å². The number of hydrogen-bond acceptors (Lipinski definition) is 5. The van der Waals surface area contributed by atoms with Gasteiger partial charge in [-0.15, -0.1) is 0 Å². The van der Waals surface area contributed by atoms with Crippen molar-refractivity contribution in [3.05, 3.63) is 41.6 Å². The van der Waals surface area contributed by atoms with Gasteiger partial charge in [0.05, 0.1) is 18.3 Å². The van der Waals surface area contributed by atoms with Crippen LogP contribution >= 0.6 is 0 Å². The van der Waals surface area contributed by atoms with Gasteiger partial charge in [-0.1, -0.05) is 6.42 Å². The SMILES string of the molecule is Cc1ccc(CN2CCCC[C@H]2c2ccnc(N)n2)o1. The first-order valence-electron chi connectivity index (χ1n) is 7.10. The van der Waals surface area contributed by atoms with E-state index in [0.29, 0.717) is 12.0 Å². The van der Waals surface area contributed by atoms with Gasteiger partial charge >= 0.3 is 0 Å². The Balaban J connectivity index is 1.80. The zero-order valence-corrected chi connectivity index (χ0v) is 11.7. The van der Waals surface area contributed by atoms with Crippen LogP contribution in [0.5, 0.6) is 0 Å². The molecule has 1 atom stereocenters. The highest BCUT2D eigenvalue weighted by atomic mass is 16.3. The molecule has 0 amide bonds. The zero-order valence-electron chi connectivity index (χ0n) is 11.7. The predicted molar refractivity (Wildman–Crippen MR) is 76.9 cm³/mol. The summed E-state index contributed by atoms with van der Waals surface area (Å²) in [6.07, 6.45) is 5.29. The Morgan fingerprint density at radius 1 is 1.35 bits per heavy atom. The van der Waals surface area contributed by atoms with Crippen molar-refractivity contribution in [2.75, 3.05) is 12.3 Å². The maximum absolute atomic E-state index is 5.71. The first-order valence-corrected chi connectivity index (χ1v) is 7.10. The first kappa shape index (κ1) is 13.1. The van der Waals surface area contributed by atoms with Gasteiger partial charge in [-0.05, 0) is 44.5 Å². The van der Waals surface area contributed by atoms with E-state index >= 15 is 0 Å². The molecular weight excluding hydrogens is 252 g/mol. The van der Waals surface area contributed by atoms with E-state index in [-0.39, 0.29) is 0 Å². The summed E-state index contributed by atoms with van der Waals surface area (Å²) in [5.74, 6) is 2.32. The predicted octanol–water partition coefficient (Wildman–Crippen LogP) is 2.69. The van der Waals surface area contributed by atoms with Crippen LogP contribution in [0.25, 0.3) is 0 Å². The number of piperidine rings is 1. The fourth-order valence-electron chi connectivity index (χ4n) is 2.86. The number of likely N-dealkylation sites (tertiary alicyclic amines) is 1. The monoisotopic (exact) mass is 272 g/mol. The summed E-state index contributed by atoms with van der Waals surface area (Å²) >= 11 is 0. The molecule has 0 bridgehead atoms. The molecule has 3 heterocycles. The molecule has 0 aromatic carbocycles. The van der Waals surface area contributed by atoms with Crippen molar-refractivity contribution in [2.24, 2.45) is 0 Å². The molecule has 2 aromatic heterocycles. The summed E-state index contributed by atoms with van der Waals surface area (Å²) < 4.78 is 5.70. The van der Waals surface area contributed by atoms with E-state index in [0.717, 1.165) is 36.7 Å². The van der Waals surface area contributed by atoms with Gasteiger partial charge in [-0.2, -0.15) is 0 Å². The Morgan fingerprint density at radius 2 is 2.25 bits per heavy atom. The highest BCUT2D eigenvalue weighted by Crippen LogP contribution is 2.31. The normalized spacial score (nSPS) is 20.1. The van der Waals surface area contributed by atoms with Gasteiger partial charge in [0.25, 0.3) is 0 Å². The molecule has 1 aliphatic rings. The van der Waals surface area contributed by atoms with E-state index in [9.17, 15) is 0 Å². The number of aryl methyl sites for hydroxylation is 1. The fourth-order valence-corrected chi connectivity index (χ4v) is 2.86. The summed E-state index contributed by atoms with van der Waals surface area (Å²) in [6, 6.07) is 6.33. The molecule has 2 aromatic rings. The molecule has 5 heteroatoms. The molecular formula is C15H20N4O. The summed E-state index contributed by atoms with van der Waals surface area (Å²) in [5.41, 5.74) is 6.72. The minimum Gasteiger partial charge on any atom is -0.465 e. The lowest BCUT2D eigenvalue weighted by molar-refractivity contribution is 0.127. The molecule has 1 aliphatic heterocycles. The van der Waals surface area contributed by atoms with Crippen LogP contribution in [0.2, 0.25) is 0 Å². The largest absolute Gasteiger partial charge is 0.465 e. The average molecular weight is 272 g/mol. The molecule has 5 nitrogen and oxygen atoms in total. The van der Waals surface area contributed by atoms with Crippen molar-refractivity contribution in [3.8, 4) is 0 Å². The standard InChI is InChI=1S/C15H20N4O/c1-11-5-6-12(20-11)10-19-9-3-2-4-14(19)13-7-8-17-15(16)18-13/h5-8,14H,2-4,9-10H2,1H3,(H2,16,17,18)/t14-/m0/s1. The number of anilines is 1. The summed E-state index contributed by atoms with van der Waals surface area (Å²) in [5, 5.41) is 0. The molecule has 106 valence electrons. The van der Waals surface area contributed by atoms with E-state index in [1.807, 2.05) is 19.1 Å². The molecule has 0 aliphatic carbocycles. The van der Waals surface area contributed by atoms with Gasteiger partial charge in [0.2, 0.25) is 5.95 Å². The van der Waals surface area contributed by atoms with Crippen LogP contribution in [-0.4, -0.2) is 21.4 Å². The molecule has 0 saturated carbocycles. The van der Waals surface area contributed by atoms with E-state index in [1.165, 1.54) is 12.8 Å². The van der Waals surface area contributed by atoms with Gasteiger partial charge in [0.1, 0.15) is 11.5 Å². The van der Waals surface area contributed by atoms with Gasteiger partial charge in [-0.3, -0.25) is 4.90 Å². The second kappa shape index (κ2) is 5.63. The Morgan fingerprint density at radius 3 is 3.00 bits per heavy atom. The van der Waals surface area contributed by atoms with E-state index in [1.54, 1.807) is 6.20 Å². The molecule has 20 heavy (non-hydrogen) atoms. The van der Waals surface area contributed by atoms with Crippen LogP contribution in [-0.2, 0) is 6.54 Å². The molecule has 0 spiro atoms. The van der Waals surface area contributed by atoms with Crippen molar-refractivity contribution in [1.82, 2.24) is 14.9 Å². The number of rotatable bonds is 3. The Hall–Kier alpha value is -1.88. The highest BCUT2D eigenvalue weighted by Gasteiger charge is 2.26. The average Bonchev–Trinajstić information content (AvgIpc) is 2.85. The molecule has 0 unspecified atom stereocenters. The van der Waals surface area contributed by atoms with Gasteiger partial charge < -0.3 is 10.2 Å². The molecule has 2 N–H and O–H groups in total. The second-order valence-corrected chi connectivity index (χ2v) is 5.33. The van der Waals surface area contributed by atoms with Crippen LogP contribution in [0.1, 0.15) is 42.5 Å². The van der Waals surface area contributed by atoms with Gasteiger partial charge in [-0.25, -0.2) is 9.97 Å². The Kier molecular flexibility index (Phi) is 3.69. The van der Waals surface area contributed by atoms with E-state index in [2.05, 4.69) is 20.9 Å². The number of nitrogens with zero attached hydrogens (tertiary/aromatic N) is 3. The van der Waals surface area contributed by atoms with Crippen molar-refractivity contribution >= 4 is 5.95 Å². The topological polar surface area (TPSA) is 68.2 Å². The van der Waals surface area contributed by atoms with Crippen molar-refractivity contribution in [2.45, 2.75) is 38.8 Å². The lowest BCUT2D eigenvalue weighted by atomic mass is 9.99. The lowest BCUT2D eigenvalue weighted by Gasteiger charge is -2.34. The van der Waals surface area contributed by atoms with Crippen molar-refractivity contribution in [3.63, 3.8) is 0 Å². The third-order valence-electron chi connectivity index (χ3n) is 3.81. The first-order chi connectivity index (χ1) is 9.72. The second-order valence-electron chi connectivity index (χ2n) is 5.33. The summed E-state index contributed by atoms with van der Waals surface area (Å²) in [4.78, 5) is 10.8. The third kappa shape index (κ3) is 2.82. The maximum Gasteiger partial charge on any atom is 0.220 e. The fraction of sp³-hybridized carbons (Fsp3) is 0.467. The van der Waals surface area contributed by atoms with Crippen LogP contribution in [0.15, 0.2) is 28.8 Å².